The van der Waals surface area contributed by atoms with Crippen molar-refractivity contribution < 1.29 is 9.53 Å². The molecule has 2 aromatic carbocycles. The molecule has 94 valence electrons. The topological polar surface area (TPSA) is 50.1 Å². The number of carbonyl (C=O) groups is 1. The normalized spacial score (nSPS) is 9.68. The fourth-order valence-electron chi connectivity index (χ4n) is 1.63. The van der Waals surface area contributed by atoms with E-state index in [2.05, 4.69) is 6.07 Å². The van der Waals surface area contributed by atoms with Gasteiger partial charge in [-0.2, -0.15) is 5.26 Å². The van der Waals surface area contributed by atoms with Gasteiger partial charge in [-0.15, -0.1) is 0 Å². The standard InChI is InChI=1S/C15H10ClNO2/c16-14-4-5-15(13(7-14)9-18)19-10-12-3-1-2-11(6-12)8-17/h1-7,9H,10H2. The summed E-state index contributed by atoms with van der Waals surface area (Å²) in [5.41, 5.74) is 1.85. The van der Waals surface area contributed by atoms with Gasteiger partial charge in [0.15, 0.2) is 6.29 Å². The number of halogens is 1. The van der Waals surface area contributed by atoms with Crippen LogP contribution >= 0.6 is 11.6 Å². The van der Waals surface area contributed by atoms with Gasteiger partial charge in [0.05, 0.1) is 17.2 Å². The summed E-state index contributed by atoms with van der Waals surface area (Å²) < 4.78 is 5.57. The van der Waals surface area contributed by atoms with Crippen LogP contribution in [0.3, 0.4) is 0 Å². The maximum atomic E-state index is 10.9. The number of rotatable bonds is 4. The van der Waals surface area contributed by atoms with Crippen molar-refractivity contribution >= 4 is 17.9 Å². The van der Waals surface area contributed by atoms with Gasteiger partial charge in [0.1, 0.15) is 12.4 Å². The number of carbonyl (C=O) groups excluding carboxylic acids is 1. The summed E-state index contributed by atoms with van der Waals surface area (Å²) in [6.45, 7) is 0.290. The predicted octanol–water partition coefficient (Wildman–Crippen LogP) is 3.60. The van der Waals surface area contributed by atoms with Crippen LogP contribution in [0.4, 0.5) is 0 Å². The Balaban J connectivity index is 2.14. The highest BCUT2D eigenvalue weighted by atomic mass is 35.5. The van der Waals surface area contributed by atoms with Crippen LogP contribution < -0.4 is 4.74 Å². The average molecular weight is 272 g/mol. The third kappa shape index (κ3) is 3.34. The van der Waals surface area contributed by atoms with Gasteiger partial charge in [0, 0.05) is 5.02 Å². The zero-order valence-corrected chi connectivity index (χ0v) is 10.7. The van der Waals surface area contributed by atoms with Crippen molar-refractivity contribution in [1.82, 2.24) is 0 Å². The molecule has 0 bridgehead atoms. The summed E-state index contributed by atoms with van der Waals surface area (Å²) in [5.74, 6) is 0.474. The predicted molar refractivity (Wildman–Crippen MR) is 72.3 cm³/mol. The molecule has 0 radical (unpaired) electrons. The molecule has 2 rings (SSSR count). The minimum atomic E-state index is 0.290. The van der Waals surface area contributed by atoms with Crippen molar-refractivity contribution in [2.45, 2.75) is 6.61 Å². The van der Waals surface area contributed by atoms with E-state index >= 15 is 0 Å². The Hall–Kier alpha value is -2.31. The third-order valence-corrected chi connectivity index (χ3v) is 2.78. The lowest BCUT2D eigenvalue weighted by Gasteiger charge is -2.08. The molecule has 0 aliphatic rings. The zero-order chi connectivity index (χ0) is 13.7. The van der Waals surface area contributed by atoms with Crippen LogP contribution in [-0.4, -0.2) is 6.29 Å². The molecule has 0 saturated heterocycles. The van der Waals surface area contributed by atoms with E-state index in [0.717, 1.165) is 5.56 Å². The second-order valence-corrected chi connectivity index (χ2v) is 4.34. The van der Waals surface area contributed by atoms with Crippen molar-refractivity contribution in [2.75, 3.05) is 0 Å². The fourth-order valence-corrected chi connectivity index (χ4v) is 1.82. The molecule has 0 N–H and O–H groups in total. The van der Waals surface area contributed by atoms with Crippen LogP contribution in [0, 0.1) is 11.3 Å². The highest BCUT2D eigenvalue weighted by molar-refractivity contribution is 6.30. The number of aldehydes is 1. The minimum absolute atomic E-state index is 0.290. The van der Waals surface area contributed by atoms with Gasteiger partial charge in [-0.05, 0) is 35.9 Å². The smallest absolute Gasteiger partial charge is 0.153 e. The zero-order valence-electron chi connectivity index (χ0n) is 9.97. The Labute approximate surface area is 116 Å². The molecule has 0 saturated carbocycles. The monoisotopic (exact) mass is 271 g/mol. The van der Waals surface area contributed by atoms with E-state index in [0.29, 0.717) is 28.2 Å². The molecule has 0 aliphatic heterocycles. The van der Waals surface area contributed by atoms with Crippen LogP contribution in [0.15, 0.2) is 42.5 Å². The van der Waals surface area contributed by atoms with Crippen LogP contribution in [-0.2, 0) is 6.61 Å². The lowest BCUT2D eigenvalue weighted by molar-refractivity contribution is 0.111. The maximum Gasteiger partial charge on any atom is 0.153 e. The van der Waals surface area contributed by atoms with Gasteiger partial charge >= 0.3 is 0 Å². The molecule has 0 amide bonds. The van der Waals surface area contributed by atoms with Gasteiger partial charge in [0.25, 0.3) is 0 Å². The minimum Gasteiger partial charge on any atom is -0.488 e. The summed E-state index contributed by atoms with van der Waals surface area (Å²) in [6.07, 6.45) is 0.701. The highest BCUT2D eigenvalue weighted by Gasteiger charge is 2.04. The number of nitrogens with zero attached hydrogens (tertiary/aromatic N) is 1. The van der Waals surface area contributed by atoms with Crippen molar-refractivity contribution in [3.05, 3.63) is 64.2 Å². The molecule has 0 fully saturated rings. The fraction of sp³-hybridized carbons (Fsp3) is 0.0667. The van der Waals surface area contributed by atoms with Crippen LogP contribution in [0.1, 0.15) is 21.5 Å². The Kier molecular flexibility index (Phi) is 4.17. The largest absolute Gasteiger partial charge is 0.488 e. The highest BCUT2D eigenvalue weighted by Crippen LogP contribution is 2.22. The summed E-state index contributed by atoms with van der Waals surface area (Å²) in [6, 6.07) is 14.1. The van der Waals surface area contributed by atoms with E-state index in [1.807, 2.05) is 6.07 Å². The van der Waals surface area contributed by atoms with E-state index in [4.69, 9.17) is 21.6 Å². The second-order valence-electron chi connectivity index (χ2n) is 3.90. The summed E-state index contributed by atoms with van der Waals surface area (Å²) in [5, 5.41) is 9.30. The van der Waals surface area contributed by atoms with E-state index in [1.54, 1.807) is 36.4 Å². The molecule has 0 atom stereocenters. The molecule has 3 nitrogen and oxygen atoms in total. The van der Waals surface area contributed by atoms with Gasteiger partial charge in [-0.1, -0.05) is 23.7 Å². The molecule has 0 heterocycles. The Morgan fingerprint density at radius 3 is 2.84 bits per heavy atom. The molecular formula is C15H10ClNO2. The molecule has 4 heteroatoms. The van der Waals surface area contributed by atoms with Crippen LogP contribution in [0.2, 0.25) is 5.02 Å². The van der Waals surface area contributed by atoms with Crippen molar-refractivity contribution in [1.29, 1.82) is 5.26 Å². The van der Waals surface area contributed by atoms with Crippen molar-refractivity contribution in [3.63, 3.8) is 0 Å². The number of hydrogen-bond acceptors (Lipinski definition) is 3. The van der Waals surface area contributed by atoms with Crippen LogP contribution in [0.25, 0.3) is 0 Å². The SMILES string of the molecule is N#Cc1cccc(COc2ccc(Cl)cc2C=O)c1. The van der Waals surface area contributed by atoms with Crippen molar-refractivity contribution in [2.24, 2.45) is 0 Å². The quantitative estimate of drug-likeness (QED) is 0.798. The Morgan fingerprint density at radius 1 is 1.26 bits per heavy atom. The average Bonchev–Trinajstić information content (AvgIpc) is 2.46. The third-order valence-electron chi connectivity index (χ3n) is 2.55. The molecular weight excluding hydrogens is 262 g/mol. The Bertz CT molecular complexity index is 647. The Morgan fingerprint density at radius 2 is 2.11 bits per heavy atom. The number of ether oxygens (including phenoxy) is 1. The number of hydrogen-bond donors (Lipinski definition) is 0. The van der Waals surface area contributed by atoms with E-state index in [1.165, 1.54) is 0 Å². The molecule has 0 spiro atoms. The van der Waals surface area contributed by atoms with Crippen molar-refractivity contribution in [3.8, 4) is 11.8 Å². The van der Waals surface area contributed by atoms with E-state index in [-0.39, 0.29) is 6.61 Å². The summed E-state index contributed by atoms with van der Waals surface area (Å²) in [7, 11) is 0. The maximum absolute atomic E-state index is 10.9. The molecule has 2 aromatic rings. The first-order valence-electron chi connectivity index (χ1n) is 5.59. The molecule has 19 heavy (non-hydrogen) atoms. The van der Waals surface area contributed by atoms with Gasteiger partial charge in [0.2, 0.25) is 0 Å². The molecule has 0 aromatic heterocycles. The summed E-state index contributed by atoms with van der Waals surface area (Å²) in [4.78, 5) is 10.9. The second kappa shape index (κ2) is 6.03. The molecule has 0 unspecified atom stereocenters. The lowest BCUT2D eigenvalue weighted by Crippen LogP contribution is -1.98. The van der Waals surface area contributed by atoms with E-state index in [9.17, 15) is 4.79 Å². The lowest BCUT2D eigenvalue weighted by atomic mass is 10.1. The first-order chi connectivity index (χ1) is 9.22. The first-order valence-corrected chi connectivity index (χ1v) is 5.97. The molecule has 0 aliphatic carbocycles. The van der Waals surface area contributed by atoms with Gasteiger partial charge < -0.3 is 4.74 Å². The van der Waals surface area contributed by atoms with Gasteiger partial charge in [-0.3, -0.25) is 4.79 Å². The summed E-state index contributed by atoms with van der Waals surface area (Å²) >= 11 is 5.80. The first kappa shape index (κ1) is 13.1. The number of benzene rings is 2. The van der Waals surface area contributed by atoms with Crippen LogP contribution in [0.5, 0.6) is 5.75 Å². The number of nitriles is 1. The van der Waals surface area contributed by atoms with E-state index < -0.39 is 0 Å². The van der Waals surface area contributed by atoms with Gasteiger partial charge in [-0.25, -0.2) is 0 Å².